The van der Waals surface area contributed by atoms with Gasteiger partial charge in [0.1, 0.15) is 0 Å². The SMILES string of the molecule is Cc1ccc(-n2[nH]c(=O)n(Cc3ccccc3)c2=O)cc1. The summed E-state index contributed by atoms with van der Waals surface area (Å²) in [5, 5.41) is 2.58. The van der Waals surface area contributed by atoms with Gasteiger partial charge in [0.2, 0.25) is 0 Å². The second-order valence-electron chi connectivity index (χ2n) is 4.94. The predicted octanol–water partition coefficient (Wildman–Crippen LogP) is 1.68. The van der Waals surface area contributed by atoms with Gasteiger partial charge in [0.15, 0.2) is 0 Å². The Kier molecular flexibility index (Phi) is 3.31. The highest BCUT2D eigenvalue weighted by Crippen LogP contribution is 2.05. The zero-order chi connectivity index (χ0) is 14.8. The average Bonchev–Trinajstić information content (AvgIpc) is 2.77. The van der Waals surface area contributed by atoms with Gasteiger partial charge >= 0.3 is 11.4 Å². The van der Waals surface area contributed by atoms with E-state index in [0.717, 1.165) is 11.1 Å². The van der Waals surface area contributed by atoms with E-state index < -0.39 is 5.69 Å². The number of hydrogen-bond donors (Lipinski definition) is 1. The molecular weight excluding hydrogens is 266 g/mol. The van der Waals surface area contributed by atoms with Gasteiger partial charge in [0.25, 0.3) is 0 Å². The molecule has 106 valence electrons. The minimum atomic E-state index is -0.413. The Morgan fingerprint density at radius 2 is 1.62 bits per heavy atom. The number of H-pyrrole nitrogens is 1. The lowest BCUT2D eigenvalue weighted by Crippen LogP contribution is -2.28. The van der Waals surface area contributed by atoms with E-state index in [0.29, 0.717) is 5.69 Å². The lowest BCUT2D eigenvalue weighted by atomic mass is 10.2. The molecule has 0 fully saturated rings. The topological polar surface area (TPSA) is 59.8 Å². The summed E-state index contributed by atoms with van der Waals surface area (Å²) in [4.78, 5) is 24.4. The van der Waals surface area contributed by atoms with E-state index in [1.807, 2.05) is 49.4 Å². The Bertz CT molecular complexity index is 855. The summed E-state index contributed by atoms with van der Waals surface area (Å²) in [7, 11) is 0. The van der Waals surface area contributed by atoms with Gasteiger partial charge < -0.3 is 0 Å². The van der Waals surface area contributed by atoms with Crippen LogP contribution in [-0.4, -0.2) is 14.3 Å². The number of aromatic amines is 1. The molecule has 3 rings (SSSR count). The van der Waals surface area contributed by atoms with Crippen molar-refractivity contribution in [2.24, 2.45) is 0 Å². The third-order valence-electron chi connectivity index (χ3n) is 3.35. The average molecular weight is 281 g/mol. The van der Waals surface area contributed by atoms with Gasteiger partial charge in [0.05, 0.1) is 12.2 Å². The van der Waals surface area contributed by atoms with Crippen molar-refractivity contribution in [1.82, 2.24) is 14.3 Å². The summed E-state index contributed by atoms with van der Waals surface area (Å²) in [5.41, 5.74) is 1.87. The number of aryl methyl sites for hydroxylation is 1. The van der Waals surface area contributed by atoms with Gasteiger partial charge in [-0.3, -0.25) is 0 Å². The van der Waals surface area contributed by atoms with Crippen LogP contribution >= 0.6 is 0 Å². The van der Waals surface area contributed by atoms with Gasteiger partial charge in [-0.1, -0.05) is 48.0 Å². The van der Waals surface area contributed by atoms with E-state index in [1.165, 1.54) is 9.25 Å². The molecule has 0 aliphatic heterocycles. The van der Waals surface area contributed by atoms with Crippen molar-refractivity contribution >= 4 is 0 Å². The Morgan fingerprint density at radius 1 is 0.952 bits per heavy atom. The molecule has 1 aromatic heterocycles. The molecule has 1 N–H and O–H groups in total. The Labute approximate surface area is 121 Å². The number of nitrogens with zero attached hydrogens (tertiary/aromatic N) is 2. The number of nitrogens with one attached hydrogen (secondary N) is 1. The van der Waals surface area contributed by atoms with Crippen LogP contribution in [0.4, 0.5) is 0 Å². The van der Waals surface area contributed by atoms with Crippen LogP contribution in [0.25, 0.3) is 5.69 Å². The highest BCUT2D eigenvalue weighted by Gasteiger charge is 2.10. The third-order valence-corrected chi connectivity index (χ3v) is 3.35. The van der Waals surface area contributed by atoms with Crippen molar-refractivity contribution in [3.63, 3.8) is 0 Å². The molecule has 0 spiro atoms. The van der Waals surface area contributed by atoms with Crippen molar-refractivity contribution in [2.75, 3.05) is 0 Å². The quantitative estimate of drug-likeness (QED) is 0.794. The molecule has 0 saturated carbocycles. The zero-order valence-electron chi connectivity index (χ0n) is 11.6. The van der Waals surface area contributed by atoms with Crippen LogP contribution in [0, 0.1) is 6.92 Å². The molecule has 5 heteroatoms. The van der Waals surface area contributed by atoms with Crippen molar-refractivity contribution in [2.45, 2.75) is 13.5 Å². The van der Waals surface area contributed by atoms with Crippen molar-refractivity contribution in [3.05, 3.63) is 86.7 Å². The first-order valence-corrected chi connectivity index (χ1v) is 6.68. The van der Waals surface area contributed by atoms with Gasteiger partial charge in [-0.05, 0) is 24.6 Å². The predicted molar refractivity (Wildman–Crippen MR) is 80.9 cm³/mol. The molecule has 0 bridgehead atoms. The first-order chi connectivity index (χ1) is 10.1. The van der Waals surface area contributed by atoms with E-state index >= 15 is 0 Å². The summed E-state index contributed by atoms with van der Waals surface area (Å²) in [5.74, 6) is 0. The molecule has 0 aliphatic rings. The van der Waals surface area contributed by atoms with Crippen LogP contribution in [-0.2, 0) is 6.54 Å². The molecule has 0 amide bonds. The fraction of sp³-hybridized carbons (Fsp3) is 0.125. The maximum absolute atomic E-state index is 12.4. The molecule has 5 nitrogen and oxygen atoms in total. The number of hydrogen-bond acceptors (Lipinski definition) is 2. The Balaban J connectivity index is 2.03. The summed E-state index contributed by atoms with van der Waals surface area (Å²) < 4.78 is 2.46. The smallest absolute Gasteiger partial charge is 0.246 e. The van der Waals surface area contributed by atoms with Gasteiger partial charge in [0, 0.05) is 0 Å². The molecular formula is C16H15N3O2. The number of rotatable bonds is 3. The van der Waals surface area contributed by atoms with Crippen molar-refractivity contribution in [3.8, 4) is 5.69 Å². The maximum atomic E-state index is 12.4. The summed E-state index contributed by atoms with van der Waals surface area (Å²) in [6.07, 6.45) is 0. The molecule has 0 saturated heterocycles. The second-order valence-corrected chi connectivity index (χ2v) is 4.94. The van der Waals surface area contributed by atoms with Crippen molar-refractivity contribution < 1.29 is 0 Å². The van der Waals surface area contributed by atoms with E-state index in [2.05, 4.69) is 5.10 Å². The van der Waals surface area contributed by atoms with Crippen LogP contribution in [0.3, 0.4) is 0 Å². The molecule has 2 aromatic carbocycles. The monoisotopic (exact) mass is 281 g/mol. The highest BCUT2D eigenvalue weighted by atomic mass is 16.2. The third kappa shape index (κ3) is 2.58. The van der Waals surface area contributed by atoms with Gasteiger partial charge in [-0.2, -0.15) is 0 Å². The minimum Gasteiger partial charge on any atom is -0.246 e. The molecule has 0 aliphatic carbocycles. The number of aromatic nitrogens is 3. The lowest BCUT2D eigenvalue weighted by molar-refractivity contribution is 0.723. The summed E-state index contributed by atoms with van der Waals surface area (Å²) in [6.45, 7) is 2.23. The second kappa shape index (κ2) is 5.28. The molecule has 0 unspecified atom stereocenters. The van der Waals surface area contributed by atoms with Crippen LogP contribution < -0.4 is 11.4 Å². The van der Waals surface area contributed by atoms with Crippen LogP contribution in [0.1, 0.15) is 11.1 Å². The van der Waals surface area contributed by atoms with Gasteiger partial charge in [-0.15, -0.1) is 0 Å². The normalized spacial score (nSPS) is 10.7. The largest absolute Gasteiger partial charge is 0.352 e. The van der Waals surface area contributed by atoms with Crippen LogP contribution in [0.15, 0.2) is 64.2 Å². The van der Waals surface area contributed by atoms with Crippen LogP contribution in [0.2, 0.25) is 0 Å². The minimum absolute atomic E-state index is 0.258. The molecule has 3 aromatic rings. The molecule has 1 heterocycles. The van der Waals surface area contributed by atoms with E-state index in [1.54, 1.807) is 12.1 Å². The summed E-state index contributed by atoms with van der Waals surface area (Å²) in [6, 6.07) is 16.8. The Morgan fingerprint density at radius 3 is 2.29 bits per heavy atom. The lowest BCUT2D eigenvalue weighted by Gasteiger charge is -2.01. The fourth-order valence-corrected chi connectivity index (χ4v) is 2.19. The Hall–Kier alpha value is -2.82. The molecule has 0 atom stereocenters. The van der Waals surface area contributed by atoms with E-state index in [-0.39, 0.29) is 12.2 Å². The standard InChI is InChI=1S/C16H15N3O2/c1-12-7-9-14(10-8-12)19-16(21)18(15(20)17-19)11-13-5-3-2-4-6-13/h2-10H,11H2,1H3,(H,17,20). The first kappa shape index (κ1) is 13.2. The fourth-order valence-electron chi connectivity index (χ4n) is 2.19. The highest BCUT2D eigenvalue weighted by molar-refractivity contribution is 5.32. The van der Waals surface area contributed by atoms with Crippen LogP contribution in [0.5, 0.6) is 0 Å². The molecule has 0 radical (unpaired) electrons. The first-order valence-electron chi connectivity index (χ1n) is 6.68. The molecule has 21 heavy (non-hydrogen) atoms. The van der Waals surface area contributed by atoms with Crippen molar-refractivity contribution in [1.29, 1.82) is 0 Å². The van der Waals surface area contributed by atoms with Gasteiger partial charge in [-0.25, -0.2) is 23.9 Å². The van der Waals surface area contributed by atoms with E-state index in [9.17, 15) is 9.59 Å². The summed E-state index contributed by atoms with van der Waals surface area (Å²) >= 11 is 0. The van der Waals surface area contributed by atoms with E-state index in [4.69, 9.17) is 0 Å². The number of benzene rings is 2. The zero-order valence-corrected chi connectivity index (χ0v) is 11.6. The maximum Gasteiger partial charge on any atom is 0.352 e.